The lowest BCUT2D eigenvalue weighted by atomic mass is 9.69. The lowest BCUT2D eigenvalue weighted by molar-refractivity contribution is -0.153. The molecule has 1 heterocycles. The smallest absolute Gasteiger partial charge is 0.315 e. The molecular weight excluding hydrogens is 236 g/mol. The fourth-order valence-electron chi connectivity index (χ4n) is 2.46. The van der Waals surface area contributed by atoms with Crippen LogP contribution in [0.4, 0.5) is 4.79 Å². The van der Waals surface area contributed by atoms with Crippen LogP contribution in [-0.4, -0.2) is 42.4 Å². The molecule has 2 atom stereocenters. The molecule has 102 valence electrons. The molecular formula is C12H20N2O4. The first-order valence-corrected chi connectivity index (χ1v) is 6.43. The molecule has 2 rings (SSSR count). The lowest BCUT2D eigenvalue weighted by Crippen LogP contribution is -2.52. The van der Waals surface area contributed by atoms with Crippen molar-refractivity contribution in [3.8, 4) is 0 Å². The average molecular weight is 256 g/mol. The third kappa shape index (κ3) is 2.58. The van der Waals surface area contributed by atoms with Crippen molar-refractivity contribution in [3.63, 3.8) is 0 Å². The van der Waals surface area contributed by atoms with Crippen molar-refractivity contribution in [2.75, 3.05) is 13.2 Å². The Morgan fingerprint density at radius 2 is 2.17 bits per heavy atom. The van der Waals surface area contributed by atoms with E-state index in [4.69, 9.17) is 9.84 Å². The summed E-state index contributed by atoms with van der Waals surface area (Å²) in [6.07, 6.45) is 3.03. The lowest BCUT2D eigenvalue weighted by Gasteiger charge is -2.37. The van der Waals surface area contributed by atoms with E-state index in [2.05, 4.69) is 10.6 Å². The number of ether oxygens (including phenoxy) is 1. The molecule has 18 heavy (non-hydrogen) atoms. The summed E-state index contributed by atoms with van der Waals surface area (Å²) >= 11 is 0. The van der Waals surface area contributed by atoms with Gasteiger partial charge in [0.05, 0.1) is 17.6 Å². The van der Waals surface area contributed by atoms with Gasteiger partial charge in [-0.15, -0.1) is 0 Å². The van der Waals surface area contributed by atoms with E-state index in [1.807, 2.05) is 6.92 Å². The van der Waals surface area contributed by atoms with Gasteiger partial charge >= 0.3 is 12.0 Å². The Hall–Kier alpha value is -1.30. The first-order chi connectivity index (χ1) is 8.53. The summed E-state index contributed by atoms with van der Waals surface area (Å²) < 4.78 is 5.35. The van der Waals surface area contributed by atoms with Crippen LogP contribution in [0.2, 0.25) is 0 Å². The number of carbonyl (C=O) groups excluding carboxylic acids is 1. The number of carboxylic acids is 1. The van der Waals surface area contributed by atoms with Gasteiger partial charge in [-0.2, -0.15) is 0 Å². The number of amides is 2. The van der Waals surface area contributed by atoms with Crippen LogP contribution < -0.4 is 10.6 Å². The van der Waals surface area contributed by atoms with E-state index < -0.39 is 11.4 Å². The molecule has 2 aliphatic rings. The second-order valence-electron chi connectivity index (χ2n) is 5.24. The Kier molecular flexibility index (Phi) is 3.75. The number of nitrogens with one attached hydrogen (secondary N) is 2. The highest BCUT2D eigenvalue weighted by atomic mass is 16.5. The fraction of sp³-hybridized carbons (Fsp3) is 0.833. The van der Waals surface area contributed by atoms with Gasteiger partial charge in [0.15, 0.2) is 0 Å². The molecule has 2 unspecified atom stereocenters. The predicted molar refractivity (Wildman–Crippen MR) is 64.3 cm³/mol. The Morgan fingerprint density at radius 1 is 1.44 bits per heavy atom. The molecule has 0 aromatic rings. The Labute approximate surface area is 106 Å². The van der Waals surface area contributed by atoms with Gasteiger partial charge in [-0.25, -0.2) is 4.79 Å². The zero-order valence-corrected chi connectivity index (χ0v) is 10.6. The molecule has 0 aromatic heterocycles. The molecule has 6 heteroatoms. The molecule has 0 spiro atoms. The highest BCUT2D eigenvalue weighted by Crippen LogP contribution is 2.40. The van der Waals surface area contributed by atoms with Crippen molar-refractivity contribution in [2.45, 2.75) is 44.8 Å². The monoisotopic (exact) mass is 256 g/mol. The average Bonchev–Trinajstić information content (AvgIpc) is 2.62. The summed E-state index contributed by atoms with van der Waals surface area (Å²) in [6.45, 7) is 2.78. The second-order valence-corrected chi connectivity index (χ2v) is 5.24. The van der Waals surface area contributed by atoms with Crippen molar-refractivity contribution < 1.29 is 19.4 Å². The van der Waals surface area contributed by atoms with E-state index in [0.29, 0.717) is 19.4 Å². The van der Waals surface area contributed by atoms with Gasteiger partial charge < -0.3 is 20.5 Å². The first kappa shape index (κ1) is 13.1. The van der Waals surface area contributed by atoms with Gasteiger partial charge in [0.25, 0.3) is 0 Å². The number of carbonyl (C=O) groups is 2. The molecule has 2 fully saturated rings. The van der Waals surface area contributed by atoms with Gasteiger partial charge in [-0.3, -0.25) is 4.79 Å². The van der Waals surface area contributed by atoms with E-state index in [-0.39, 0.29) is 24.7 Å². The maximum absolute atomic E-state index is 11.7. The Bertz CT molecular complexity index is 341. The van der Waals surface area contributed by atoms with Crippen LogP contribution >= 0.6 is 0 Å². The minimum Gasteiger partial charge on any atom is -0.481 e. The van der Waals surface area contributed by atoms with Crippen LogP contribution in [0.25, 0.3) is 0 Å². The first-order valence-electron chi connectivity index (χ1n) is 6.43. The molecule has 1 saturated heterocycles. The van der Waals surface area contributed by atoms with Crippen LogP contribution in [-0.2, 0) is 9.53 Å². The van der Waals surface area contributed by atoms with Crippen molar-refractivity contribution in [1.82, 2.24) is 10.6 Å². The van der Waals surface area contributed by atoms with Gasteiger partial charge in [-0.1, -0.05) is 6.42 Å². The Morgan fingerprint density at radius 3 is 2.61 bits per heavy atom. The maximum Gasteiger partial charge on any atom is 0.315 e. The topological polar surface area (TPSA) is 87.7 Å². The molecule has 2 amide bonds. The van der Waals surface area contributed by atoms with Gasteiger partial charge in [0.2, 0.25) is 0 Å². The number of aliphatic carboxylic acids is 1. The zero-order chi connectivity index (χ0) is 13.2. The molecule has 0 radical (unpaired) electrons. The van der Waals surface area contributed by atoms with E-state index in [1.165, 1.54) is 0 Å². The molecule has 0 aromatic carbocycles. The van der Waals surface area contributed by atoms with Crippen molar-refractivity contribution in [3.05, 3.63) is 0 Å². The van der Waals surface area contributed by atoms with Gasteiger partial charge in [0.1, 0.15) is 0 Å². The number of carboxylic acid groups (broad SMARTS) is 1. The summed E-state index contributed by atoms with van der Waals surface area (Å²) in [6, 6.07) is -0.281. The molecule has 1 saturated carbocycles. The minimum atomic E-state index is -0.813. The third-order valence-corrected chi connectivity index (χ3v) is 4.04. The summed E-state index contributed by atoms with van der Waals surface area (Å²) in [7, 11) is 0. The standard InChI is InChI=1S/C12H20N2O4/c1-8-9(3-6-18-8)14-11(17)13-7-12(10(15)16)4-2-5-12/h8-9H,2-7H2,1H3,(H,15,16)(H2,13,14,17). The number of hydrogen-bond acceptors (Lipinski definition) is 3. The number of rotatable bonds is 4. The van der Waals surface area contributed by atoms with E-state index >= 15 is 0 Å². The van der Waals surface area contributed by atoms with Crippen LogP contribution in [0.5, 0.6) is 0 Å². The highest BCUT2D eigenvalue weighted by molar-refractivity contribution is 5.79. The summed E-state index contributed by atoms with van der Waals surface area (Å²) in [5.74, 6) is -0.813. The molecule has 1 aliphatic heterocycles. The van der Waals surface area contributed by atoms with E-state index in [9.17, 15) is 9.59 Å². The molecule has 6 nitrogen and oxygen atoms in total. The van der Waals surface area contributed by atoms with Crippen LogP contribution in [0.1, 0.15) is 32.6 Å². The zero-order valence-electron chi connectivity index (χ0n) is 10.6. The minimum absolute atomic E-state index is 0.0205. The van der Waals surface area contributed by atoms with Crippen molar-refractivity contribution in [2.24, 2.45) is 5.41 Å². The van der Waals surface area contributed by atoms with Gasteiger partial charge in [0, 0.05) is 13.2 Å². The van der Waals surface area contributed by atoms with Crippen molar-refractivity contribution >= 4 is 12.0 Å². The largest absolute Gasteiger partial charge is 0.481 e. The van der Waals surface area contributed by atoms with E-state index in [1.54, 1.807) is 0 Å². The van der Waals surface area contributed by atoms with E-state index in [0.717, 1.165) is 12.8 Å². The fourth-order valence-corrected chi connectivity index (χ4v) is 2.46. The van der Waals surface area contributed by atoms with Crippen LogP contribution in [0.15, 0.2) is 0 Å². The number of hydrogen-bond donors (Lipinski definition) is 3. The van der Waals surface area contributed by atoms with Crippen LogP contribution in [0, 0.1) is 5.41 Å². The second kappa shape index (κ2) is 5.14. The summed E-state index contributed by atoms with van der Waals surface area (Å²) in [5.41, 5.74) is -0.741. The normalized spacial score (nSPS) is 29.4. The highest BCUT2D eigenvalue weighted by Gasteiger charge is 2.44. The summed E-state index contributed by atoms with van der Waals surface area (Å²) in [5, 5.41) is 14.6. The third-order valence-electron chi connectivity index (χ3n) is 4.04. The maximum atomic E-state index is 11.7. The quantitative estimate of drug-likeness (QED) is 0.691. The van der Waals surface area contributed by atoms with Crippen molar-refractivity contribution in [1.29, 1.82) is 0 Å². The Balaban J connectivity index is 1.76. The van der Waals surface area contributed by atoms with Crippen LogP contribution in [0.3, 0.4) is 0 Å². The molecule has 3 N–H and O–H groups in total. The molecule has 0 bridgehead atoms. The summed E-state index contributed by atoms with van der Waals surface area (Å²) in [4.78, 5) is 22.8. The number of urea groups is 1. The molecule has 1 aliphatic carbocycles. The van der Waals surface area contributed by atoms with Gasteiger partial charge in [-0.05, 0) is 26.2 Å². The predicted octanol–water partition coefficient (Wildman–Crippen LogP) is 0.718. The SMILES string of the molecule is CC1OCCC1NC(=O)NCC1(C(=O)O)CCC1.